The molecule has 2 aliphatic heterocycles. The van der Waals surface area contributed by atoms with Crippen molar-refractivity contribution in [2.24, 2.45) is 0 Å². The van der Waals surface area contributed by atoms with Gasteiger partial charge in [-0.3, -0.25) is 4.79 Å². The van der Waals surface area contributed by atoms with Crippen molar-refractivity contribution in [2.45, 2.75) is 24.4 Å². The van der Waals surface area contributed by atoms with E-state index >= 15 is 0 Å². The fourth-order valence-electron chi connectivity index (χ4n) is 3.56. The highest BCUT2D eigenvalue weighted by Gasteiger charge is 2.55. The second-order valence-corrected chi connectivity index (χ2v) is 7.12. The predicted octanol–water partition coefficient (Wildman–Crippen LogP) is 1.84. The van der Waals surface area contributed by atoms with Gasteiger partial charge in [0.25, 0.3) is 0 Å². The van der Waals surface area contributed by atoms with Gasteiger partial charge in [0.15, 0.2) is 0 Å². The van der Waals surface area contributed by atoms with Crippen LogP contribution in [0, 0.1) is 11.3 Å². The van der Waals surface area contributed by atoms with Gasteiger partial charge in [-0.1, -0.05) is 18.2 Å². The number of amides is 3. The van der Waals surface area contributed by atoms with E-state index in [2.05, 4.69) is 21.7 Å². The summed E-state index contributed by atoms with van der Waals surface area (Å²) in [6, 6.07) is 8.62. The minimum absolute atomic E-state index is 0.149. The van der Waals surface area contributed by atoms with E-state index in [1.165, 1.54) is 16.2 Å². The molecule has 2 atom stereocenters. The Morgan fingerprint density at radius 1 is 1.52 bits per heavy atom. The number of thiazole rings is 1. The van der Waals surface area contributed by atoms with Crippen LogP contribution < -0.4 is 10.6 Å². The third-order valence-corrected chi connectivity index (χ3v) is 5.55. The van der Waals surface area contributed by atoms with Crippen LogP contribution in [0.15, 0.2) is 35.8 Å². The Morgan fingerprint density at radius 2 is 2.36 bits per heavy atom. The quantitative estimate of drug-likeness (QED) is 0.861. The molecule has 126 valence electrons. The van der Waals surface area contributed by atoms with Crippen LogP contribution in [0.2, 0.25) is 0 Å². The van der Waals surface area contributed by atoms with E-state index in [1.54, 1.807) is 6.20 Å². The molecule has 25 heavy (non-hydrogen) atoms. The monoisotopic (exact) mass is 353 g/mol. The van der Waals surface area contributed by atoms with Gasteiger partial charge >= 0.3 is 6.03 Å². The van der Waals surface area contributed by atoms with Gasteiger partial charge in [0.2, 0.25) is 5.91 Å². The van der Waals surface area contributed by atoms with E-state index in [0.717, 1.165) is 16.3 Å². The molecule has 3 amide bonds. The van der Waals surface area contributed by atoms with Crippen molar-refractivity contribution in [1.82, 2.24) is 15.2 Å². The number of rotatable bonds is 2. The molecule has 2 aliphatic rings. The Bertz CT molecular complexity index is 875. The summed E-state index contributed by atoms with van der Waals surface area (Å²) in [6.45, 7) is 0.499. The first kappa shape index (κ1) is 15.6. The Hall–Kier alpha value is -2.92. The average molecular weight is 353 g/mol. The number of nitrogens with zero attached hydrogens (tertiary/aromatic N) is 3. The summed E-state index contributed by atoms with van der Waals surface area (Å²) in [4.78, 5) is 30.8. The van der Waals surface area contributed by atoms with Crippen molar-refractivity contribution in [3.63, 3.8) is 0 Å². The first-order valence-corrected chi connectivity index (χ1v) is 8.75. The van der Waals surface area contributed by atoms with Crippen LogP contribution in [0.4, 0.5) is 10.5 Å². The van der Waals surface area contributed by atoms with E-state index in [0.29, 0.717) is 13.0 Å². The van der Waals surface area contributed by atoms with Crippen LogP contribution in [0.25, 0.3) is 0 Å². The SMILES string of the molecule is N#C[C@@H]1C[C@@]2(CN1C(=O)NCc1nccs1)C(=O)Nc1ccccc12. The van der Waals surface area contributed by atoms with E-state index in [1.807, 2.05) is 29.6 Å². The standard InChI is InChI=1S/C17H15N5O2S/c18-8-11-7-17(12-3-1-2-4-13(12)21-15(17)23)10-22(11)16(24)20-9-14-19-5-6-25-14/h1-6,11H,7,9-10H2,(H,20,24)(H,21,23)/t11-,17-/m0/s1. The number of carbonyl (C=O) groups excluding carboxylic acids is 2. The van der Waals surface area contributed by atoms with Crippen molar-refractivity contribution >= 4 is 29.0 Å². The number of carbonyl (C=O) groups is 2. The third kappa shape index (κ3) is 2.44. The zero-order valence-corrected chi connectivity index (χ0v) is 14.0. The van der Waals surface area contributed by atoms with Gasteiger partial charge in [-0.25, -0.2) is 9.78 Å². The minimum atomic E-state index is -0.852. The van der Waals surface area contributed by atoms with Crippen LogP contribution >= 0.6 is 11.3 Å². The zero-order valence-electron chi connectivity index (χ0n) is 13.2. The summed E-state index contributed by atoms with van der Waals surface area (Å²) in [5, 5.41) is 17.8. The lowest BCUT2D eigenvalue weighted by atomic mass is 9.80. The minimum Gasteiger partial charge on any atom is -0.331 e. The highest BCUT2D eigenvalue weighted by Crippen LogP contribution is 2.46. The maximum Gasteiger partial charge on any atom is 0.318 e. The van der Waals surface area contributed by atoms with E-state index < -0.39 is 11.5 Å². The highest BCUT2D eigenvalue weighted by atomic mass is 32.1. The van der Waals surface area contributed by atoms with Gasteiger partial charge in [-0.2, -0.15) is 5.26 Å². The van der Waals surface area contributed by atoms with E-state index in [4.69, 9.17) is 0 Å². The van der Waals surface area contributed by atoms with Gasteiger partial charge in [0.05, 0.1) is 18.0 Å². The molecule has 1 saturated heterocycles. The number of nitrogens with one attached hydrogen (secondary N) is 2. The predicted molar refractivity (Wildman–Crippen MR) is 91.8 cm³/mol. The van der Waals surface area contributed by atoms with Crippen LogP contribution in [0.1, 0.15) is 17.0 Å². The lowest BCUT2D eigenvalue weighted by Gasteiger charge is -2.22. The molecule has 0 saturated carbocycles. The summed E-state index contributed by atoms with van der Waals surface area (Å²) >= 11 is 1.45. The number of anilines is 1. The zero-order chi connectivity index (χ0) is 17.4. The summed E-state index contributed by atoms with van der Waals surface area (Å²) in [5.41, 5.74) is 0.764. The lowest BCUT2D eigenvalue weighted by molar-refractivity contribution is -0.120. The van der Waals surface area contributed by atoms with Crippen LogP contribution in [-0.2, 0) is 16.8 Å². The van der Waals surface area contributed by atoms with Gasteiger partial charge in [-0.05, 0) is 11.6 Å². The molecule has 2 aromatic rings. The molecule has 1 spiro atoms. The van der Waals surface area contributed by atoms with Crippen molar-refractivity contribution in [1.29, 1.82) is 5.26 Å². The summed E-state index contributed by atoms with van der Waals surface area (Å²) in [6.07, 6.45) is 1.98. The van der Waals surface area contributed by atoms with Crippen LogP contribution in [0.3, 0.4) is 0 Å². The first-order valence-electron chi connectivity index (χ1n) is 7.87. The molecule has 2 N–H and O–H groups in total. The number of urea groups is 1. The number of fused-ring (bicyclic) bond motifs is 2. The van der Waals surface area contributed by atoms with Gasteiger partial charge in [0, 0.05) is 30.2 Å². The van der Waals surface area contributed by atoms with Crippen LogP contribution in [0.5, 0.6) is 0 Å². The second kappa shape index (κ2) is 5.86. The number of para-hydroxylation sites is 1. The van der Waals surface area contributed by atoms with Crippen LogP contribution in [-0.4, -0.2) is 34.4 Å². The summed E-state index contributed by atoms with van der Waals surface area (Å²) in [5.74, 6) is -0.149. The van der Waals surface area contributed by atoms with Crippen molar-refractivity contribution in [3.8, 4) is 6.07 Å². The molecule has 0 unspecified atom stereocenters. The third-order valence-electron chi connectivity index (χ3n) is 4.77. The van der Waals surface area contributed by atoms with Gasteiger partial charge < -0.3 is 15.5 Å². The van der Waals surface area contributed by atoms with E-state index in [-0.39, 0.29) is 18.5 Å². The smallest absolute Gasteiger partial charge is 0.318 e. The number of nitriles is 1. The first-order chi connectivity index (χ1) is 12.1. The molecule has 0 bridgehead atoms. The molecular formula is C17H15N5O2S. The van der Waals surface area contributed by atoms with Crippen molar-refractivity contribution in [2.75, 3.05) is 11.9 Å². The normalized spacial score (nSPS) is 24.0. The number of aromatic nitrogens is 1. The number of hydrogen-bond acceptors (Lipinski definition) is 5. The fourth-order valence-corrected chi connectivity index (χ4v) is 4.12. The topological polar surface area (TPSA) is 98.1 Å². The second-order valence-electron chi connectivity index (χ2n) is 6.14. The van der Waals surface area contributed by atoms with E-state index in [9.17, 15) is 14.9 Å². The average Bonchev–Trinajstić information content (AvgIpc) is 3.33. The number of hydrogen-bond donors (Lipinski definition) is 2. The Balaban J connectivity index is 1.58. The Kier molecular flexibility index (Phi) is 3.66. The maximum atomic E-state index is 12.6. The van der Waals surface area contributed by atoms with Gasteiger partial charge in [0.1, 0.15) is 11.0 Å². The highest BCUT2D eigenvalue weighted by molar-refractivity contribution is 7.09. The fraction of sp³-hybridized carbons (Fsp3) is 0.294. The summed E-state index contributed by atoms with van der Waals surface area (Å²) < 4.78 is 0. The molecule has 4 rings (SSSR count). The molecule has 1 aromatic heterocycles. The molecule has 8 heteroatoms. The maximum absolute atomic E-state index is 12.6. The number of likely N-dealkylation sites (tertiary alicyclic amines) is 1. The van der Waals surface area contributed by atoms with Crippen molar-refractivity contribution < 1.29 is 9.59 Å². The molecule has 7 nitrogen and oxygen atoms in total. The largest absolute Gasteiger partial charge is 0.331 e. The van der Waals surface area contributed by atoms with Gasteiger partial charge in [-0.15, -0.1) is 11.3 Å². The molecule has 1 fully saturated rings. The number of benzene rings is 1. The summed E-state index contributed by atoms with van der Waals surface area (Å²) in [7, 11) is 0. The molecule has 1 aromatic carbocycles. The molecule has 0 radical (unpaired) electrons. The van der Waals surface area contributed by atoms with Crippen molar-refractivity contribution in [3.05, 3.63) is 46.4 Å². The Labute approximate surface area is 148 Å². The molecule has 3 heterocycles. The molecular weight excluding hydrogens is 338 g/mol. The lowest BCUT2D eigenvalue weighted by Crippen LogP contribution is -2.44. The Morgan fingerprint density at radius 3 is 3.12 bits per heavy atom. The molecule has 0 aliphatic carbocycles.